The maximum Gasteiger partial charge on any atom is 0.278 e. The van der Waals surface area contributed by atoms with Crippen LogP contribution in [0.1, 0.15) is 16.1 Å². The minimum atomic E-state index is -0.418. The van der Waals surface area contributed by atoms with E-state index in [0.29, 0.717) is 17.1 Å². The van der Waals surface area contributed by atoms with Crippen LogP contribution in [0.2, 0.25) is 0 Å². The number of hydrogen-bond donors (Lipinski definition) is 3. The molecular formula is C18H17N5O. The maximum absolute atomic E-state index is 12.4. The summed E-state index contributed by atoms with van der Waals surface area (Å²) < 4.78 is 0. The molecule has 2 aromatic carbocycles. The Bertz CT molecular complexity index is 873. The number of rotatable bonds is 3. The topological polar surface area (TPSA) is 107 Å². The third-order valence-corrected chi connectivity index (χ3v) is 3.53. The molecule has 0 aliphatic rings. The lowest BCUT2D eigenvalue weighted by atomic mass is 10.1. The molecule has 0 bridgehead atoms. The summed E-state index contributed by atoms with van der Waals surface area (Å²) in [5.41, 5.74) is 15.4. The second-order valence-corrected chi connectivity index (χ2v) is 5.43. The summed E-state index contributed by atoms with van der Waals surface area (Å²) >= 11 is 0. The van der Waals surface area contributed by atoms with Crippen molar-refractivity contribution in [1.29, 1.82) is 0 Å². The van der Waals surface area contributed by atoms with Crippen molar-refractivity contribution < 1.29 is 4.79 Å². The first-order valence-corrected chi connectivity index (χ1v) is 7.39. The molecule has 6 nitrogen and oxygen atoms in total. The number of carbonyl (C=O) groups excluding carboxylic acids is 1. The van der Waals surface area contributed by atoms with E-state index >= 15 is 0 Å². The number of nitrogen functional groups attached to an aromatic ring is 2. The van der Waals surface area contributed by atoms with Crippen LogP contribution in [0.25, 0.3) is 11.3 Å². The number of nitrogens with one attached hydrogen (secondary N) is 1. The fraction of sp³-hybridized carbons (Fsp3) is 0.0556. The summed E-state index contributed by atoms with van der Waals surface area (Å²) in [6.45, 7) is 2.00. The van der Waals surface area contributed by atoms with E-state index in [1.165, 1.54) is 0 Å². The van der Waals surface area contributed by atoms with E-state index < -0.39 is 5.91 Å². The smallest absolute Gasteiger partial charge is 0.278 e. The van der Waals surface area contributed by atoms with E-state index in [9.17, 15) is 4.79 Å². The third kappa shape index (κ3) is 3.33. The molecule has 0 saturated heterocycles. The first kappa shape index (κ1) is 15.5. The van der Waals surface area contributed by atoms with Crippen LogP contribution in [-0.2, 0) is 0 Å². The van der Waals surface area contributed by atoms with Crippen molar-refractivity contribution in [2.75, 3.05) is 16.8 Å². The molecule has 1 heterocycles. The molecule has 1 amide bonds. The van der Waals surface area contributed by atoms with Crippen LogP contribution in [0.3, 0.4) is 0 Å². The molecule has 1 aromatic heterocycles. The average molecular weight is 319 g/mol. The van der Waals surface area contributed by atoms with Gasteiger partial charge in [0.25, 0.3) is 5.91 Å². The number of nitrogens with two attached hydrogens (primary N) is 2. The predicted octanol–water partition coefficient (Wildman–Crippen LogP) is 2.87. The second kappa shape index (κ2) is 6.37. The fourth-order valence-electron chi connectivity index (χ4n) is 2.19. The highest BCUT2D eigenvalue weighted by atomic mass is 16.1. The molecule has 0 atom stereocenters. The average Bonchev–Trinajstić information content (AvgIpc) is 2.58. The van der Waals surface area contributed by atoms with Crippen LogP contribution in [-0.4, -0.2) is 15.9 Å². The van der Waals surface area contributed by atoms with Crippen molar-refractivity contribution in [2.24, 2.45) is 0 Å². The summed E-state index contributed by atoms with van der Waals surface area (Å²) in [6.07, 6.45) is 1.56. The van der Waals surface area contributed by atoms with Crippen LogP contribution in [0.15, 0.2) is 54.7 Å². The highest BCUT2D eigenvalue weighted by Crippen LogP contribution is 2.20. The molecular weight excluding hydrogens is 302 g/mol. The zero-order chi connectivity index (χ0) is 17.1. The van der Waals surface area contributed by atoms with E-state index in [4.69, 9.17) is 11.5 Å². The minimum absolute atomic E-state index is 0.0822. The van der Waals surface area contributed by atoms with Crippen molar-refractivity contribution >= 4 is 23.1 Å². The fourth-order valence-corrected chi connectivity index (χ4v) is 2.19. The quantitative estimate of drug-likeness (QED) is 0.643. The number of anilines is 3. The normalized spacial score (nSPS) is 10.4. The maximum atomic E-state index is 12.4. The molecule has 0 aliphatic carbocycles. The molecule has 0 fully saturated rings. The number of nitrogens with zero attached hydrogens (tertiary/aromatic N) is 2. The first-order valence-electron chi connectivity index (χ1n) is 7.39. The third-order valence-electron chi connectivity index (χ3n) is 3.53. The summed E-state index contributed by atoms with van der Waals surface area (Å²) in [5.74, 6) is -0.336. The largest absolute Gasteiger partial charge is 0.399 e. The summed E-state index contributed by atoms with van der Waals surface area (Å²) in [7, 11) is 0. The Morgan fingerprint density at radius 3 is 2.33 bits per heavy atom. The lowest BCUT2D eigenvalue weighted by Gasteiger charge is -2.09. The van der Waals surface area contributed by atoms with Gasteiger partial charge in [0.15, 0.2) is 11.5 Å². The molecule has 24 heavy (non-hydrogen) atoms. The zero-order valence-electron chi connectivity index (χ0n) is 13.2. The van der Waals surface area contributed by atoms with Crippen molar-refractivity contribution in [3.8, 4) is 11.3 Å². The molecule has 0 unspecified atom stereocenters. The number of benzene rings is 2. The van der Waals surface area contributed by atoms with Gasteiger partial charge >= 0.3 is 0 Å². The van der Waals surface area contributed by atoms with Gasteiger partial charge in [0.2, 0.25) is 0 Å². The number of aryl methyl sites for hydroxylation is 1. The van der Waals surface area contributed by atoms with Crippen molar-refractivity contribution in [3.05, 3.63) is 66.0 Å². The number of hydrogen-bond acceptors (Lipinski definition) is 5. The van der Waals surface area contributed by atoms with Crippen LogP contribution in [0, 0.1) is 6.92 Å². The number of aromatic nitrogens is 2. The Labute approximate surface area is 139 Å². The molecule has 0 radical (unpaired) electrons. The van der Waals surface area contributed by atoms with E-state index in [-0.39, 0.29) is 11.5 Å². The van der Waals surface area contributed by atoms with E-state index in [0.717, 1.165) is 11.1 Å². The predicted molar refractivity (Wildman–Crippen MR) is 95.4 cm³/mol. The Morgan fingerprint density at radius 2 is 1.67 bits per heavy atom. The van der Waals surface area contributed by atoms with Gasteiger partial charge in [0.05, 0.1) is 11.9 Å². The standard InChI is InChI=1S/C18H17N5O/c1-11-2-4-12(5-3-11)15-10-21-17(20)16(23-15)18(24)22-14-8-6-13(19)7-9-14/h2-10H,19H2,1H3,(H2,20,21)(H,22,24). The van der Waals surface area contributed by atoms with E-state index in [1.54, 1.807) is 30.5 Å². The number of carbonyl (C=O) groups is 1. The number of amides is 1. The minimum Gasteiger partial charge on any atom is -0.399 e. The monoisotopic (exact) mass is 319 g/mol. The molecule has 120 valence electrons. The van der Waals surface area contributed by atoms with Crippen molar-refractivity contribution in [3.63, 3.8) is 0 Å². The molecule has 0 spiro atoms. The molecule has 0 saturated carbocycles. The molecule has 5 N–H and O–H groups in total. The summed E-state index contributed by atoms with van der Waals surface area (Å²) in [4.78, 5) is 20.9. The first-order chi connectivity index (χ1) is 11.5. The van der Waals surface area contributed by atoms with E-state index in [1.807, 2.05) is 31.2 Å². The lowest BCUT2D eigenvalue weighted by molar-refractivity contribution is 0.102. The molecule has 0 aliphatic heterocycles. The van der Waals surface area contributed by atoms with Gasteiger partial charge in [0, 0.05) is 16.9 Å². The molecule has 6 heteroatoms. The van der Waals surface area contributed by atoms with Crippen LogP contribution < -0.4 is 16.8 Å². The Morgan fingerprint density at radius 1 is 1.00 bits per heavy atom. The van der Waals surface area contributed by atoms with Crippen LogP contribution in [0.5, 0.6) is 0 Å². The van der Waals surface area contributed by atoms with Gasteiger partial charge in [-0.05, 0) is 31.2 Å². The molecule has 3 rings (SSSR count). The van der Waals surface area contributed by atoms with Gasteiger partial charge in [0.1, 0.15) is 0 Å². The summed E-state index contributed by atoms with van der Waals surface area (Å²) in [6, 6.07) is 14.6. The van der Waals surface area contributed by atoms with Crippen LogP contribution >= 0.6 is 0 Å². The van der Waals surface area contributed by atoms with Gasteiger partial charge in [-0.15, -0.1) is 0 Å². The Kier molecular flexibility index (Phi) is 4.11. The highest BCUT2D eigenvalue weighted by Gasteiger charge is 2.15. The lowest BCUT2D eigenvalue weighted by Crippen LogP contribution is -2.17. The van der Waals surface area contributed by atoms with Crippen LogP contribution in [0.4, 0.5) is 17.2 Å². The van der Waals surface area contributed by atoms with Crippen molar-refractivity contribution in [2.45, 2.75) is 6.92 Å². The van der Waals surface area contributed by atoms with Crippen molar-refractivity contribution in [1.82, 2.24) is 9.97 Å². The van der Waals surface area contributed by atoms with Gasteiger partial charge in [-0.1, -0.05) is 29.8 Å². The Balaban J connectivity index is 1.89. The summed E-state index contributed by atoms with van der Waals surface area (Å²) in [5, 5.41) is 2.74. The van der Waals surface area contributed by atoms with E-state index in [2.05, 4.69) is 15.3 Å². The van der Waals surface area contributed by atoms with Gasteiger partial charge in [-0.3, -0.25) is 4.79 Å². The Hall–Kier alpha value is -3.41. The van der Waals surface area contributed by atoms with Gasteiger partial charge < -0.3 is 16.8 Å². The zero-order valence-corrected chi connectivity index (χ0v) is 13.2. The highest BCUT2D eigenvalue weighted by molar-refractivity contribution is 6.06. The van der Waals surface area contributed by atoms with Gasteiger partial charge in [-0.2, -0.15) is 0 Å². The SMILES string of the molecule is Cc1ccc(-c2cnc(N)c(C(=O)Nc3ccc(N)cc3)n2)cc1. The molecule has 3 aromatic rings. The second-order valence-electron chi connectivity index (χ2n) is 5.43. The van der Waals surface area contributed by atoms with Gasteiger partial charge in [-0.25, -0.2) is 9.97 Å².